The van der Waals surface area contributed by atoms with Gasteiger partial charge in [-0.1, -0.05) is 30.3 Å². The van der Waals surface area contributed by atoms with E-state index in [1.54, 1.807) is 12.1 Å². The van der Waals surface area contributed by atoms with Gasteiger partial charge in [-0.05, 0) is 68.8 Å². The Morgan fingerprint density at radius 3 is 1.88 bits per heavy atom. The normalized spacial score (nSPS) is 22.1. The minimum atomic E-state index is -0.222. The van der Waals surface area contributed by atoms with Crippen LogP contribution in [0.2, 0.25) is 0 Å². The second kappa shape index (κ2) is 7.56. The Bertz CT molecular complexity index is 776. The molecule has 0 saturated heterocycles. The molecule has 3 aliphatic rings. The summed E-state index contributed by atoms with van der Waals surface area (Å²) in [5.74, 6) is 1.46. The van der Waals surface area contributed by atoms with Crippen LogP contribution in [0.25, 0.3) is 0 Å². The SMILES string of the molecule is CSC1=C([C]2[CH][CH][CH][CH]2)C([C]2[CH][CH][CH][CH]2)=C(C(=O)c2ccccc2)C1=O. The van der Waals surface area contributed by atoms with E-state index in [0.29, 0.717) is 10.5 Å². The summed E-state index contributed by atoms with van der Waals surface area (Å²) in [6.07, 6.45) is 17.5. The van der Waals surface area contributed by atoms with Gasteiger partial charge in [0.1, 0.15) is 0 Å². The summed E-state index contributed by atoms with van der Waals surface area (Å²) in [4.78, 5) is 27.1. The molecule has 0 heterocycles. The fraction of sp³-hybridized carbons (Fsp3) is 0.0435. The van der Waals surface area contributed by atoms with Crippen molar-refractivity contribution in [2.75, 3.05) is 6.26 Å². The van der Waals surface area contributed by atoms with Crippen LogP contribution in [-0.2, 0) is 4.79 Å². The number of ketones is 2. The summed E-state index contributed by atoms with van der Waals surface area (Å²) in [6, 6.07) is 9.00. The lowest BCUT2D eigenvalue weighted by atomic mass is 9.82. The molecule has 1 aromatic carbocycles. The first-order valence-corrected chi connectivity index (χ1v) is 9.56. The number of carbonyl (C=O) groups excluding carboxylic acids is 2. The summed E-state index contributed by atoms with van der Waals surface area (Å²) in [5.41, 5.74) is 2.40. The van der Waals surface area contributed by atoms with Gasteiger partial charge in [0.15, 0.2) is 5.78 Å². The molecule has 26 heavy (non-hydrogen) atoms. The van der Waals surface area contributed by atoms with Gasteiger partial charge in [-0.2, -0.15) is 0 Å². The van der Waals surface area contributed by atoms with Crippen LogP contribution in [0.1, 0.15) is 10.4 Å². The van der Waals surface area contributed by atoms with Gasteiger partial charge in [0, 0.05) is 17.4 Å². The standard InChI is InChI=1S/C23H16O2S/c1-26-23-19(16-11-7-8-12-16)18(15-9-5-6-10-15)20(22(23)25)21(24)17-13-3-2-4-14-17/h2-14H,1H3. The smallest absolute Gasteiger partial charge is 0.203 e. The zero-order chi connectivity index (χ0) is 18.1. The van der Waals surface area contributed by atoms with Gasteiger partial charge in [-0.15, -0.1) is 11.8 Å². The lowest BCUT2D eigenvalue weighted by Crippen LogP contribution is -2.14. The van der Waals surface area contributed by atoms with Crippen LogP contribution < -0.4 is 0 Å². The fourth-order valence-corrected chi connectivity index (χ4v) is 4.08. The Labute approximate surface area is 160 Å². The molecule has 1 aromatic rings. The molecule has 0 unspecified atom stereocenters. The van der Waals surface area contributed by atoms with Crippen molar-refractivity contribution < 1.29 is 9.59 Å². The van der Waals surface area contributed by atoms with Gasteiger partial charge in [0.05, 0.1) is 10.5 Å². The maximum absolute atomic E-state index is 13.2. The molecule has 0 atom stereocenters. The quantitative estimate of drug-likeness (QED) is 0.586. The zero-order valence-electron chi connectivity index (χ0n) is 14.2. The fourth-order valence-electron chi connectivity index (χ4n) is 3.37. The highest BCUT2D eigenvalue weighted by atomic mass is 32.2. The molecule has 2 saturated carbocycles. The molecule has 0 aromatic heterocycles. The van der Waals surface area contributed by atoms with Gasteiger partial charge >= 0.3 is 0 Å². The molecule has 0 aliphatic heterocycles. The number of hydrogen-bond donors (Lipinski definition) is 0. The van der Waals surface area contributed by atoms with E-state index >= 15 is 0 Å². The molecule has 0 amide bonds. The monoisotopic (exact) mass is 356 g/mol. The molecular weight excluding hydrogens is 340 g/mol. The molecule has 0 spiro atoms. The van der Waals surface area contributed by atoms with E-state index in [0.717, 1.165) is 23.0 Å². The van der Waals surface area contributed by atoms with E-state index in [1.807, 2.05) is 75.8 Å². The third kappa shape index (κ3) is 3.00. The Kier molecular flexibility index (Phi) is 5.17. The largest absolute Gasteiger partial charge is 0.288 e. The highest BCUT2D eigenvalue weighted by molar-refractivity contribution is 8.03. The minimum absolute atomic E-state index is 0.182. The average molecular weight is 356 g/mol. The highest BCUT2D eigenvalue weighted by Crippen LogP contribution is 2.50. The summed E-state index contributed by atoms with van der Waals surface area (Å²) in [6.45, 7) is 0. The van der Waals surface area contributed by atoms with E-state index in [2.05, 4.69) is 0 Å². The average Bonchev–Trinajstić information content (AvgIpc) is 3.41. The Morgan fingerprint density at radius 2 is 1.35 bits per heavy atom. The molecule has 2 nitrogen and oxygen atoms in total. The van der Waals surface area contributed by atoms with Crippen molar-refractivity contribution >= 4 is 23.3 Å². The molecule has 10 radical (unpaired) electrons. The van der Waals surface area contributed by atoms with Crippen molar-refractivity contribution in [2.24, 2.45) is 0 Å². The Morgan fingerprint density at radius 1 is 0.808 bits per heavy atom. The van der Waals surface area contributed by atoms with Crippen LogP contribution in [0.5, 0.6) is 0 Å². The van der Waals surface area contributed by atoms with E-state index in [4.69, 9.17) is 0 Å². The molecule has 2 fully saturated rings. The number of thioether (sulfide) groups is 1. The van der Waals surface area contributed by atoms with Crippen LogP contribution in [0.15, 0.2) is 52.0 Å². The maximum Gasteiger partial charge on any atom is 0.203 e. The van der Waals surface area contributed by atoms with E-state index in [9.17, 15) is 9.59 Å². The van der Waals surface area contributed by atoms with Gasteiger partial charge in [-0.25, -0.2) is 0 Å². The van der Waals surface area contributed by atoms with Gasteiger partial charge < -0.3 is 0 Å². The lowest BCUT2D eigenvalue weighted by molar-refractivity contribution is -0.111. The number of benzene rings is 1. The van der Waals surface area contributed by atoms with Crippen molar-refractivity contribution in [1.29, 1.82) is 0 Å². The Balaban J connectivity index is 1.85. The molecule has 0 bridgehead atoms. The number of hydrogen-bond acceptors (Lipinski definition) is 3. The second-order valence-corrected chi connectivity index (χ2v) is 6.85. The van der Waals surface area contributed by atoms with Crippen molar-refractivity contribution in [2.45, 2.75) is 0 Å². The summed E-state index contributed by atoms with van der Waals surface area (Å²) >= 11 is 1.40. The molecule has 126 valence electrons. The third-order valence-electron chi connectivity index (χ3n) is 4.53. The molecular formula is C23H16O2S. The maximum atomic E-state index is 13.2. The van der Waals surface area contributed by atoms with Crippen LogP contribution >= 0.6 is 11.8 Å². The third-order valence-corrected chi connectivity index (χ3v) is 5.33. The predicted molar refractivity (Wildman–Crippen MR) is 104 cm³/mol. The number of Topliss-reactive ketones (excluding diaryl/α,β-unsaturated/α-hetero) is 2. The van der Waals surface area contributed by atoms with Crippen molar-refractivity contribution in [3.8, 4) is 0 Å². The Hall–Kier alpha value is -1.61. The number of rotatable bonds is 5. The summed E-state index contributed by atoms with van der Waals surface area (Å²) in [5, 5.41) is 0. The first-order chi connectivity index (χ1) is 12.7. The van der Waals surface area contributed by atoms with E-state index < -0.39 is 0 Å². The van der Waals surface area contributed by atoms with E-state index in [1.165, 1.54) is 11.8 Å². The molecule has 3 aliphatic carbocycles. The van der Waals surface area contributed by atoms with Crippen molar-refractivity contribution in [3.05, 3.63) is 121 Å². The van der Waals surface area contributed by atoms with Crippen molar-refractivity contribution in [1.82, 2.24) is 0 Å². The highest BCUT2D eigenvalue weighted by Gasteiger charge is 2.43. The topological polar surface area (TPSA) is 34.1 Å². The number of carbonyl (C=O) groups is 2. The van der Waals surface area contributed by atoms with Crippen LogP contribution in [0.4, 0.5) is 0 Å². The first-order valence-electron chi connectivity index (χ1n) is 8.34. The first kappa shape index (κ1) is 17.8. The molecule has 3 heteroatoms. The predicted octanol–water partition coefficient (Wildman–Crippen LogP) is 4.18. The summed E-state index contributed by atoms with van der Waals surface area (Å²) in [7, 11) is 0. The van der Waals surface area contributed by atoms with Gasteiger partial charge in [0.25, 0.3) is 0 Å². The molecule has 4 rings (SSSR count). The minimum Gasteiger partial charge on any atom is -0.288 e. The van der Waals surface area contributed by atoms with Crippen LogP contribution in [0, 0.1) is 63.2 Å². The zero-order valence-corrected chi connectivity index (χ0v) is 15.0. The second-order valence-electron chi connectivity index (χ2n) is 6.03. The van der Waals surface area contributed by atoms with Crippen LogP contribution in [0.3, 0.4) is 0 Å². The summed E-state index contributed by atoms with van der Waals surface area (Å²) < 4.78 is 0. The van der Waals surface area contributed by atoms with Crippen LogP contribution in [-0.4, -0.2) is 17.8 Å². The lowest BCUT2D eigenvalue weighted by Gasteiger charge is -2.20. The van der Waals surface area contributed by atoms with Gasteiger partial charge in [0.2, 0.25) is 5.78 Å². The van der Waals surface area contributed by atoms with Crippen molar-refractivity contribution in [3.63, 3.8) is 0 Å². The number of allylic oxidation sites excluding steroid dienone is 4. The molecule has 0 N–H and O–H groups in total. The van der Waals surface area contributed by atoms with E-state index in [-0.39, 0.29) is 17.1 Å². The van der Waals surface area contributed by atoms with Gasteiger partial charge in [-0.3, -0.25) is 9.59 Å².